The lowest BCUT2D eigenvalue weighted by Crippen LogP contribution is -2.61. The van der Waals surface area contributed by atoms with Crippen molar-refractivity contribution in [3.8, 4) is 0 Å². The van der Waals surface area contributed by atoms with Gasteiger partial charge in [-0.1, -0.05) is 34.6 Å². The maximum atomic E-state index is 13.6. The van der Waals surface area contributed by atoms with Gasteiger partial charge in [0.15, 0.2) is 0 Å². The Bertz CT molecular complexity index is 529. The van der Waals surface area contributed by atoms with Gasteiger partial charge in [0.05, 0.1) is 19.3 Å². The van der Waals surface area contributed by atoms with Gasteiger partial charge in [-0.3, -0.25) is 9.80 Å². The van der Waals surface area contributed by atoms with Crippen LogP contribution in [0.25, 0.3) is 0 Å². The summed E-state index contributed by atoms with van der Waals surface area (Å²) in [5, 5.41) is 0. The third-order valence-electron chi connectivity index (χ3n) is 8.48. The normalized spacial score (nSPS) is 29.8. The van der Waals surface area contributed by atoms with Gasteiger partial charge < -0.3 is 4.74 Å². The third kappa shape index (κ3) is 5.54. The molecule has 3 heterocycles. The molecule has 0 N–H and O–H groups in total. The molecule has 170 valence electrons. The molecule has 0 spiro atoms. The Morgan fingerprint density at radius 1 is 0.862 bits per heavy atom. The number of likely N-dealkylation sites (tertiary alicyclic amines) is 2. The van der Waals surface area contributed by atoms with Crippen molar-refractivity contribution < 1.29 is 9.13 Å². The van der Waals surface area contributed by atoms with Crippen molar-refractivity contribution >= 4 is 0 Å². The van der Waals surface area contributed by atoms with Crippen molar-refractivity contribution in [2.75, 3.05) is 32.8 Å². The van der Waals surface area contributed by atoms with E-state index in [-0.39, 0.29) is 5.54 Å². The maximum Gasteiger partial charge on any atom is 0.103 e. The van der Waals surface area contributed by atoms with E-state index < -0.39 is 6.17 Å². The van der Waals surface area contributed by atoms with Crippen molar-refractivity contribution in [3.05, 3.63) is 0 Å². The van der Waals surface area contributed by atoms with Gasteiger partial charge >= 0.3 is 0 Å². The van der Waals surface area contributed by atoms with Crippen LogP contribution >= 0.6 is 0 Å². The number of alkyl halides is 1. The summed E-state index contributed by atoms with van der Waals surface area (Å²) in [6.07, 6.45) is 5.93. The first-order chi connectivity index (χ1) is 13.4. The number of ether oxygens (including phenoxy) is 1. The van der Waals surface area contributed by atoms with Crippen LogP contribution in [0.5, 0.6) is 0 Å². The zero-order valence-corrected chi connectivity index (χ0v) is 20.3. The van der Waals surface area contributed by atoms with E-state index in [9.17, 15) is 4.39 Å². The van der Waals surface area contributed by atoms with Gasteiger partial charge in [-0.15, -0.1) is 0 Å². The van der Waals surface area contributed by atoms with Crippen LogP contribution in [0.1, 0.15) is 87.0 Å². The highest BCUT2D eigenvalue weighted by atomic mass is 19.1. The molecule has 3 aliphatic heterocycles. The maximum absolute atomic E-state index is 13.6. The van der Waals surface area contributed by atoms with Crippen LogP contribution in [-0.2, 0) is 4.74 Å². The second kappa shape index (κ2) is 8.74. The molecule has 0 saturated carbocycles. The Labute approximate surface area is 179 Å². The van der Waals surface area contributed by atoms with Crippen LogP contribution in [-0.4, -0.2) is 66.4 Å². The molecule has 0 bridgehead atoms. The molecule has 0 aromatic carbocycles. The second-order valence-electron chi connectivity index (χ2n) is 12.5. The van der Waals surface area contributed by atoms with Crippen molar-refractivity contribution in [1.29, 1.82) is 0 Å². The molecule has 0 aliphatic carbocycles. The topological polar surface area (TPSA) is 15.7 Å². The molecular formula is C25H47FN2O. The average Bonchev–Trinajstić information content (AvgIpc) is 2.58. The van der Waals surface area contributed by atoms with E-state index in [0.717, 1.165) is 32.2 Å². The summed E-state index contributed by atoms with van der Waals surface area (Å²) in [5.41, 5.74) is 0.831. The lowest BCUT2D eigenvalue weighted by atomic mass is 9.67. The van der Waals surface area contributed by atoms with E-state index in [1.54, 1.807) is 0 Å². The highest BCUT2D eigenvalue weighted by molar-refractivity contribution is 4.98. The van der Waals surface area contributed by atoms with Gasteiger partial charge in [-0.05, 0) is 69.1 Å². The van der Waals surface area contributed by atoms with E-state index >= 15 is 0 Å². The fourth-order valence-electron chi connectivity index (χ4n) is 5.83. The molecule has 4 heteroatoms. The van der Waals surface area contributed by atoms with Gasteiger partial charge in [-0.25, -0.2) is 4.39 Å². The fourth-order valence-corrected chi connectivity index (χ4v) is 5.83. The lowest BCUT2D eigenvalue weighted by molar-refractivity contribution is -0.122. The van der Waals surface area contributed by atoms with E-state index in [4.69, 9.17) is 4.74 Å². The quantitative estimate of drug-likeness (QED) is 0.572. The first-order valence-electron chi connectivity index (χ1n) is 12.1. The third-order valence-corrected chi connectivity index (χ3v) is 8.48. The first kappa shape index (κ1) is 23.5. The van der Waals surface area contributed by atoms with Crippen LogP contribution in [0.3, 0.4) is 0 Å². The Balaban J connectivity index is 1.60. The minimum atomic E-state index is -0.585. The number of nitrogens with zero attached hydrogens (tertiary/aromatic N) is 2. The van der Waals surface area contributed by atoms with E-state index in [0.29, 0.717) is 35.8 Å². The number of rotatable bonds is 6. The van der Waals surface area contributed by atoms with E-state index in [2.05, 4.69) is 58.3 Å². The molecule has 0 amide bonds. The number of hydrogen-bond donors (Lipinski definition) is 0. The first-order valence-corrected chi connectivity index (χ1v) is 12.1. The smallest absolute Gasteiger partial charge is 0.103 e. The summed E-state index contributed by atoms with van der Waals surface area (Å²) in [6, 6.07) is 1.29. The molecule has 0 aromatic rings. The Morgan fingerprint density at radius 2 is 1.48 bits per heavy atom. The van der Waals surface area contributed by atoms with Crippen molar-refractivity contribution in [3.63, 3.8) is 0 Å². The van der Waals surface area contributed by atoms with Gasteiger partial charge in [0.1, 0.15) is 6.17 Å². The van der Waals surface area contributed by atoms with E-state index in [1.165, 1.54) is 32.2 Å². The van der Waals surface area contributed by atoms with Crippen LogP contribution < -0.4 is 0 Å². The highest BCUT2D eigenvalue weighted by Gasteiger charge is 2.45. The van der Waals surface area contributed by atoms with Crippen molar-refractivity contribution in [2.24, 2.45) is 16.7 Å². The molecular weight excluding hydrogens is 363 g/mol. The molecule has 3 rings (SSSR count). The summed E-state index contributed by atoms with van der Waals surface area (Å²) in [4.78, 5) is 5.34. The number of hydrogen-bond acceptors (Lipinski definition) is 3. The predicted octanol–water partition coefficient (Wildman–Crippen LogP) is 5.53. The molecule has 3 aliphatic rings. The summed E-state index contributed by atoms with van der Waals surface area (Å²) >= 11 is 0. The largest absolute Gasteiger partial charge is 0.378 e. The SMILES string of the molecule is CC(C)(C)C1CCC(C(C)(C)CCC(C)(C)N2CCC(F)CC2)CN1C1COC1. The Kier molecular flexibility index (Phi) is 7.08. The second-order valence-corrected chi connectivity index (χ2v) is 12.5. The Morgan fingerprint density at radius 3 is 2.00 bits per heavy atom. The van der Waals surface area contributed by atoms with Gasteiger partial charge in [0.2, 0.25) is 0 Å². The number of piperidine rings is 2. The summed E-state index contributed by atoms with van der Waals surface area (Å²) in [7, 11) is 0. The Hall–Kier alpha value is -0.190. The zero-order chi connectivity index (χ0) is 21.4. The highest BCUT2D eigenvalue weighted by Crippen LogP contribution is 2.45. The van der Waals surface area contributed by atoms with Gasteiger partial charge in [0, 0.05) is 31.2 Å². The number of halogens is 1. The predicted molar refractivity (Wildman–Crippen MR) is 120 cm³/mol. The molecule has 0 radical (unpaired) electrons. The standard InChI is InChI=1S/C25H47FN2O/c1-23(2,3)22-9-8-19(16-28(22)21-17-29-18-21)24(4,5)12-13-25(6,7)27-14-10-20(26)11-15-27/h19-22H,8-18H2,1-7H3. The minimum absolute atomic E-state index is 0.168. The van der Waals surface area contributed by atoms with Crippen molar-refractivity contribution in [1.82, 2.24) is 9.80 Å². The zero-order valence-electron chi connectivity index (χ0n) is 20.3. The molecule has 2 atom stereocenters. The van der Waals surface area contributed by atoms with Crippen LogP contribution in [0.15, 0.2) is 0 Å². The summed E-state index contributed by atoms with van der Waals surface area (Å²) in [6.45, 7) is 21.8. The van der Waals surface area contributed by atoms with Crippen LogP contribution in [0, 0.1) is 16.7 Å². The summed E-state index contributed by atoms with van der Waals surface area (Å²) in [5.74, 6) is 0.745. The lowest BCUT2D eigenvalue weighted by Gasteiger charge is -2.54. The average molecular weight is 411 g/mol. The van der Waals surface area contributed by atoms with Gasteiger partial charge in [0.25, 0.3) is 0 Å². The fraction of sp³-hybridized carbons (Fsp3) is 1.00. The summed E-state index contributed by atoms with van der Waals surface area (Å²) < 4.78 is 19.1. The van der Waals surface area contributed by atoms with Crippen LogP contribution in [0.4, 0.5) is 4.39 Å². The van der Waals surface area contributed by atoms with Crippen LogP contribution in [0.2, 0.25) is 0 Å². The van der Waals surface area contributed by atoms with E-state index in [1.807, 2.05) is 0 Å². The molecule has 3 nitrogen and oxygen atoms in total. The van der Waals surface area contributed by atoms with Crippen molar-refractivity contribution in [2.45, 2.75) is 111 Å². The monoisotopic (exact) mass is 410 g/mol. The molecule has 2 unspecified atom stereocenters. The van der Waals surface area contributed by atoms with Gasteiger partial charge in [-0.2, -0.15) is 0 Å². The molecule has 3 fully saturated rings. The molecule has 3 saturated heterocycles. The minimum Gasteiger partial charge on any atom is -0.378 e. The molecule has 0 aromatic heterocycles. The molecule has 29 heavy (non-hydrogen) atoms.